The number of ether oxygens (including phenoxy) is 1. The van der Waals surface area contributed by atoms with Crippen LogP contribution in [-0.2, 0) is 21.0 Å². The van der Waals surface area contributed by atoms with Gasteiger partial charge in [0, 0.05) is 12.4 Å². The molecular formula is C13H18N2O3. The van der Waals surface area contributed by atoms with Crippen molar-refractivity contribution in [2.45, 2.75) is 39.1 Å². The zero-order chi connectivity index (χ0) is 13.0. The Balaban J connectivity index is 1.75. The second-order valence-electron chi connectivity index (χ2n) is 4.61. The predicted octanol–water partition coefficient (Wildman–Crippen LogP) is 1.44. The van der Waals surface area contributed by atoms with Crippen molar-refractivity contribution in [2.24, 2.45) is 5.92 Å². The van der Waals surface area contributed by atoms with Crippen LogP contribution < -0.4 is 5.48 Å². The average molecular weight is 250 g/mol. The fourth-order valence-corrected chi connectivity index (χ4v) is 2.14. The van der Waals surface area contributed by atoms with E-state index in [0.717, 1.165) is 12.0 Å². The Morgan fingerprint density at radius 3 is 3.06 bits per heavy atom. The Kier molecular flexibility index (Phi) is 4.28. The van der Waals surface area contributed by atoms with Gasteiger partial charge in [0.05, 0.1) is 18.1 Å². The van der Waals surface area contributed by atoms with Gasteiger partial charge in [-0.25, -0.2) is 5.48 Å². The van der Waals surface area contributed by atoms with Crippen molar-refractivity contribution in [3.05, 3.63) is 30.1 Å². The monoisotopic (exact) mass is 250 g/mol. The van der Waals surface area contributed by atoms with E-state index in [4.69, 9.17) is 9.57 Å². The summed E-state index contributed by atoms with van der Waals surface area (Å²) >= 11 is 0. The van der Waals surface area contributed by atoms with Crippen LogP contribution in [0.15, 0.2) is 24.5 Å². The Bertz CT molecular complexity index is 396. The summed E-state index contributed by atoms with van der Waals surface area (Å²) in [4.78, 5) is 21.0. The van der Waals surface area contributed by atoms with Gasteiger partial charge >= 0.3 is 0 Å². The van der Waals surface area contributed by atoms with Crippen molar-refractivity contribution in [2.75, 3.05) is 0 Å². The summed E-state index contributed by atoms with van der Waals surface area (Å²) in [7, 11) is 0. The van der Waals surface area contributed by atoms with Crippen LogP contribution >= 0.6 is 0 Å². The van der Waals surface area contributed by atoms with Crippen molar-refractivity contribution in [1.29, 1.82) is 0 Å². The molecule has 2 rings (SSSR count). The van der Waals surface area contributed by atoms with Gasteiger partial charge < -0.3 is 4.74 Å². The van der Waals surface area contributed by atoms with E-state index in [-0.39, 0.29) is 24.0 Å². The van der Waals surface area contributed by atoms with Gasteiger partial charge in [0.2, 0.25) is 5.91 Å². The number of nitrogens with one attached hydrogen (secondary N) is 1. The number of nitrogens with zero attached hydrogens (tertiary/aromatic N) is 1. The number of rotatable bonds is 4. The third kappa shape index (κ3) is 3.27. The first kappa shape index (κ1) is 13.0. The molecule has 5 heteroatoms. The van der Waals surface area contributed by atoms with E-state index in [1.54, 1.807) is 12.4 Å². The molecule has 1 aliphatic rings. The summed E-state index contributed by atoms with van der Waals surface area (Å²) < 4.78 is 5.53. The fraction of sp³-hybridized carbons (Fsp3) is 0.538. The van der Waals surface area contributed by atoms with Gasteiger partial charge in [0.15, 0.2) is 0 Å². The molecule has 1 N–H and O–H groups in total. The molecule has 0 aliphatic carbocycles. The van der Waals surface area contributed by atoms with Crippen molar-refractivity contribution in [3.63, 3.8) is 0 Å². The van der Waals surface area contributed by atoms with E-state index in [2.05, 4.69) is 10.5 Å². The highest BCUT2D eigenvalue weighted by Crippen LogP contribution is 2.25. The normalized spacial score (nSPS) is 27.1. The highest BCUT2D eigenvalue weighted by atomic mass is 16.7. The topological polar surface area (TPSA) is 60.5 Å². The lowest BCUT2D eigenvalue weighted by atomic mass is 10.0. The molecule has 1 saturated heterocycles. The minimum atomic E-state index is -0.131. The molecule has 5 nitrogen and oxygen atoms in total. The number of hydroxylamine groups is 1. The summed E-state index contributed by atoms with van der Waals surface area (Å²) in [5.41, 5.74) is 3.40. The number of aromatic nitrogens is 1. The number of carbonyl (C=O) groups excluding carboxylic acids is 1. The molecule has 3 unspecified atom stereocenters. The third-order valence-electron chi connectivity index (χ3n) is 3.07. The summed E-state index contributed by atoms with van der Waals surface area (Å²) in [5, 5.41) is 0. The number of hydrogen-bond donors (Lipinski definition) is 1. The average Bonchev–Trinajstić information content (AvgIpc) is 2.70. The molecule has 0 aromatic carbocycles. The molecule has 3 atom stereocenters. The summed E-state index contributed by atoms with van der Waals surface area (Å²) in [6.45, 7) is 4.20. The lowest BCUT2D eigenvalue weighted by Crippen LogP contribution is -2.34. The molecule has 1 amide bonds. The first-order valence-electron chi connectivity index (χ1n) is 6.13. The van der Waals surface area contributed by atoms with Gasteiger partial charge in [-0.3, -0.25) is 14.6 Å². The van der Waals surface area contributed by atoms with E-state index in [1.807, 2.05) is 26.0 Å². The van der Waals surface area contributed by atoms with Crippen LogP contribution in [0, 0.1) is 5.92 Å². The van der Waals surface area contributed by atoms with E-state index in [9.17, 15) is 4.79 Å². The standard InChI is InChI=1S/C13H18N2O3/c1-9-6-12(10(2)18-9)13(16)15-17-8-11-4-3-5-14-7-11/h3-5,7,9-10,12H,6,8H2,1-2H3,(H,15,16). The minimum absolute atomic E-state index is 0.0537. The Labute approximate surface area is 106 Å². The number of amides is 1. The van der Waals surface area contributed by atoms with E-state index >= 15 is 0 Å². The summed E-state index contributed by atoms with van der Waals surface area (Å²) in [6.07, 6.45) is 4.22. The van der Waals surface area contributed by atoms with Crippen molar-refractivity contribution in [3.8, 4) is 0 Å². The Morgan fingerprint density at radius 1 is 1.61 bits per heavy atom. The molecule has 18 heavy (non-hydrogen) atoms. The fourth-order valence-electron chi connectivity index (χ4n) is 2.14. The Hall–Kier alpha value is -1.46. The second kappa shape index (κ2) is 5.93. The van der Waals surface area contributed by atoms with Crippen molar-refractivity contribution >= 4 is 5.91 Å². The molecular weight excluding hydrogens is 232 g/mol. The Morgan fingerprint density at radius 2 is 2.44 bits per heavy atom. The van der Waals surface area contributed by atoms with Crippen LogP contribution in [0.1, 0.15) is 25.8 Å². The zero-order valence-electron chi connectivity index (χ0n) is 10.6. The van der Waals surface area contributed by atoms with Crippen molar-refractivity contribution < 1.29 is 14.4 Å². The van der Waals surface area contributed by atoms with E-state index in [1.165, 1.54) is 0 Å². The van der Waals surface area contributed by atoms with E-state index < -0.39 is 0 Å². The molecule has 0 bridgehead atoms. The number of carbonyl (C=O) groups is 1. The van der Waals surface area contributed by atoms with Crippen LogP contribution in [0.4, 0.5) is 0 Å². The highest BCUT2D eigenvalue weighted by Gasteiger charge is 2.35. The lowest BCUT2D eigenvalue weighted by Gasteiger charge is -2.13. The maximum Gasteiger partial charge on any atom is 0.249 e. The molecule has 0 spiro atoms. The molecule has 1 aromatic heterocycles. The van der Waals surface area contributed by atoms with Gasteiger partial charge in [0.25, 0.3) is 0 Å². The molecule has 1 aromatic rings. The van der Waals surface area contributed by atoms with Gasteiger partial charge in [-0.1, -0.05) is 6.07 Å². The zero-order valence-corrected chi connectivity index (χ0v) is 10.6. The molecule has 0 saturated carbocycles. The number of hydrogen-bond acceptors (Lipinski definition) is 4. The summed E-state index contributed by atoms with van der Waals surface area (Å²) in [5.74, 6) is -0.246. The van der Waals surface area contributed by atoms with Gasteiger partial charge in [-0.15, -0.1) is 0 Å². The smallest absolute Gasteiger partial charge is 0.249 e. The number of pyridine rings is 1. The maximum atomic E-state index is 11.9. The first-order valence-corrected chi connectivity index (χ1v) is 6.13. The largest absolute Gasteiger partial charge is 0.375 e. The van der Waals surface area contributed by atoms with Gasteiger partial charge in [-0.2, -0.15) is 0 Å². The quantitative estimate of drug-likeness (QED) is 0.821. The maximum absolute atomic E-state index is 11.9. The summed E-state index contributed by atoms with van der Waals surface area (Å²) in [6, 6.07) is 3.72. The lowest BCUT2D eigenvalue weighted by molar-refractivity contribution is -0.140. The van der Waals surface area contributed by atoms with Crippen LogP contribution in [0.25, 0.3) is 0 Å². The second-order valence-corrected chi connectivity index (χ2v) is 4.61. The van der Waals surface area contributed by atoms with Gasteiger partial charge in [0.1, 0.15) is 6.61 Å². The molecule has 2 heterocycles. The highest BCUT2D eigenvalue weighted by molar-refractivity contribution is 5.78. The van der Waals surface area contributed by atoms with Crippen LogP contribution in [0.3, 0.4) is 0 Å². The molecule has 0 radical (unpaired) electrons. The SMILES string of the molecule is CC1CC(C(=O)NOCc2cccnc2)C(C)O1. The molecule has 1 fully saturated rings. The third-order valence-corrected chi connectivity index (χ3v) is 3.07. The molecule has 1 aliphatic heterocycles. The minimum Gasteiger partial charge on any atom is -0.375 e. The molecule has 98 valence electrons. The van der Waals surface area contributed by atoms with Crippen LogP contribution in [0.2, 0.25) is 0 Å². The van der Waals surface area contributed by atoms with Crippen LogP contribution in [0.5, 0.6) is 0 Å². The van der Waals surface area contributed by atoms with Crippen molar-refractivity contribution in [1.82, 2.24) is 10.5 Å². The first-order chi connectivity index (χ1) is 8.66. The van der Waals surface area contributed by atoms with Gasteiger partial charge in [-0.05, 0) is 31.9 Å². The van der Waals surface area contributed by atoms with E-state index in [0.29, 0.717) is 6.61 Å². The van der Waals surface area contributed by atoms with Crippen LogP contribution in [-0.4, -0.2) is 23.1 Å². The predicted molar refractivity (Wildman–Crippen MR) is 65.3 cm³/mol.